The van der Waals surface area contributed by atoms with E-state index >= 15 is 0 Å². The van der Waals surface area contributed by atoms with Crippen molar-refractivity contribution >= 4 is 45.9 Å². The summed E-state index contributed by atoms with van der Waals surface area (Å²) in [5.41, 5.74) is 2.94. The third-order valence-corrected chi connectivity index (χ3v) is 6.84. The number of anilines is 2. The molecule has 1 unspecified atom stereocenters. The molecule has 3 aromatic rings. The number of rotatable bonds is 9. The molecule has 0 radical (unpaired) electrons. The molecule has 1 aliphatic rings. The van der Waals surface area contributed by atoms with Gasteiger partial charge in [0, 0.05) is 17.1 Å². The summed E-state index contributed by atoms with van der Waals surface area (Å²) in [6.07, 6.45) is 2.47. The van der Waals surface area contributed by atoms with Crippen LogP contribution in [0.15, 0.2) is 62.7 Å². The van der Waals surface area contributed by atoms with Crippen LogP contribution in [0.4, 0.5) is 15.6 Å². The molecule has 9 nitrogen and oxygen atoms in total. The quantitative estimate of drug-likeness (QED) is 0.301. The molecule has 3 heterocycles. The summed E-state index contributed by atoms with van der Waals surface area (Å²) in [6, 6.07) is 10.4. The summed E-state index contributed by atoms with van der Waals surface area (Å²) in [5, 5.41) is 17.8. The van der Waals surface area contributed by atoms with Gasteiger partial charge in [0.1, 0.15) is 11.8 Å². The lowest BCUT2D eigenvalue weighted by molar-refractivity contribution is -0.139. The SMILES string of the molecule is CCOC(=O)C1=C(CSc2nnc(Nc3ccc(CC)cc3)s2)NC(=O)NC1c1ccco1. The Kier molecular flexibility index (Phi) is 7.30. The Hall–Kier alpha value is -3.31. The van der Waals surface area contributed by atoms with Gasteiger partial charge in [-0.1, -0.05) is 42.2 Å². The van der Waals surface area contributed by atoms with E-state index < -0.39 is 18.0 Å². The average molecular weight is 486 g/mol. The number of hydrogen-bond donors (Lipinski definition) is 3. The van der Waals surface area contributed by atoms with Crippen molar-refractivity contribution in [1.29, 1.82) is 0 Å². The fourth-order valence-corrected chi connectivity index (χ4v) is 4.99. The zero-order chi connectivity index (χ0) is 23.2. The highest BCUT2D eigenvalue weighted by atomic mass is 32.2. The van der Waals surface area contributed by atoms with Gasteiger partial charge in [-0.15, -0.1) is 10.2 Å². The number of carbonyl (C=O) groups is 2. The molecule has 0 saturated carbocycles. The first-order valence-corrected chi connectivity index (χ1v) is 12.2. The van der Waals surface area contributed by atoms with E-state index in [1.165, 1.54) is 34.9 Å². The zero-order valence-electron chi connectivity index (χ0n) is 18.1. The van der Waals surface area contributed by atoms with Crippen LogP contribution in [0.5, 0.6) is 0 Å². The number of aromatic nitrogens is 2. The molecule has 0 bridgehead atoms. The lowest BCUT2D eigenvalue weighted by atomic mass is 10.0. The smallest absolute Gasteiger partial charge is 0.338 e. The van der Waals surface area contributed by atoms with Crippen molar-refractivity contribution in [3.8, 4) is 0 Å². The van der Waals surface area contributed by atoms with Crippen LogP contribution >= 0.6 is 23.1 Å². The Balaban J connectivity index is 1.50. The van der Waals surface area contributed by atoms with E-state index in [4.69, 9.17) is 9.15 Å². The highest BCUT2D eigenvalue weighted by Crippen LogP contribution is 2.33. The number of nitrogens with zero attached hydrogens (tertiary/aromatic N) is 2. The molecule has 2 aromatic heterocycles. The predicted molar refractivity (Wildman–Crippen MR) is 127 cm³/mol. The van der Waals surface area contributed by atoms with Crippen molar-refractivity contribution in [3.63, 3.8) is 0 Å². The van der Waals surface area contributed by atoms with E-state index in [0.717, 1.165) is 12.1 Å². The second kappa shape index (κ2) is 10.5. The number of nitrogens with one attached hydrogen (secondary N) is 3. The van der Waals surface area contributed by atoms with E-state index in [1.54, 1.807) is 19.1 Å². The number of carbonyl (C=O) groups excluding carboxylic acids is 2. The molecular formula is C22H23N5O4S2. The van der Waals surface area contributed by atoms with Gasteiger partial charge in [-0.2, -0.15) is 0 Å². The van der Waals surface area contributed by atoms with Crippen LogP contribution in [0.2, 0.25) is 0 Å². The van der Waals surface area contributed by atoms with Crippen molar-refractivity contribution in [2.45, 2.75) is 30.6 Å². The minimum Gasteiger partial charge on any atom is -0.467 e. The Labute approximate surface area is 199 Å². The van der Waals surface area contributed by atoms with E-state index in [-0.39, 0.29) is 6.61 Å². The molecule has 0 fully saturated rings. The number of esters is 1. The maximum atomic E-state index is 12.7. The molecule has 33 heavy (non-hydrogen) atoms. The Morgan fingerprint density at radius 2 is 2.06 bits per heavy atom. The Morgan fingerprint density at radius 3 is 2.76 bits per heavy atom. The monoisotopic (exact) mass is 485 g/mol. The van der Waals surface area contributed by atoms with E-state index in [1.807, 2.05) is 12.1 Å². The number of urea groups is 1. The van der Waals surface area contributed by atoms with Crippen LogP contribution < -0.4 is 16.0 Å². The molecule has 1 atom stereocenters. The summed E-state index contributed by atoms with van der Waals surface area (Å²) in [7, 11) is 0. The largest absolute Gasteiger partial charge is 0.467 e. The van der Waals surface area contributed by atoms with Crippen molar-refractivity contribution in [2.75, 3.05) is 17.7 Å². The standard InChI is InChI=1S/C22H23N5O4S2/c1-3-13-7-9-14(10-8-13)23-21-26-27-22(33-21)32-12-15-17(19(28)30-4-2)18(25-20(29)24-15)16-6-5-11-31-16/h5-11,18H,3-4,12H2,1-2H3,(H,23,26)(H2,24,25,29). The van der Waals surface area contributed by atoms with E-state index in [9.17, 15) is 9.59 Å². The first-order chi connectivity index (χ1) is 16.1. The third-order valence-electron chi connectivity index (χ3n) is 4.84. The molecule has 1 aliphatic heterocycles. The maximum Gasteiger partial charge on any atom is 0.338 e. The number of hydrogen-bond acceptors (Lipinski definition) is 9. The Morgan fingerprint density at radius 1 is 1.24 bits per heavy atom. The second-order valence-electron chi connectivity index (χ2n) is 7.00. The van der Waals surface area contributed by atoms with Gasteiger partial charge in [-0.05, 0) is 43.2 Å². The molecule has 1 aromatic carbocycles. The van der Waals surface area contributed by atoms with Crippen LogP contribution in [0.25, 0.3) is 0 Å². The van der Waals surface area contributed by atoms with Crippen molar-refractivity contribution in [3.05, 3.63) is 65.3 Å². The molecule has 4 rings (SSSR count). The molecule has 11 heteroatoms. The number of aryl methyl sites for hydroxylation is 1. The van der Waals surface area contributed by atoms with Gasteiger partial charge in [-0.25, -0.2) is 9.59 Å². The van der Waals surface area contributed by atoms with Gasteiger partial charge in [0.25, 0.3) is 0 Å². The molecular weight excluding hydrogens is 462 g/mol. The van der Waals surface area contributed by atoms with Gasteiger partial charge >= 0.3 is 12.0 Å². The van der Waals surface area contributed by atoms with Gasteiger partial charge in [0.05, 0.1) is 18.4 Å². The fourth-order valence-electron chi connectivity index (χ4n) is 3.25. The maximum absolute atomic E-state index is 12.7. The first-order valence-electron chi connectivity index (χ1n) is 10.4. The van der Waals surface area contributed by atoms with Crippen LogP contribution in [0, 0.1) is 0 Å². The highest BCUT2D eigenvalue weighted by Gasteiger charge is 2.35. The third kappa shape index (κ3) is 5.55. The topological polar surface area (TPSA) is 118 Å². The van der Waals surface area contributed by atoms with E-state index in [2.05, 4.69) is 45.2 Å². The molecule has 172 valence electrons. The van der Waals surface area contributed by atoms with Gasteiger partial charge < -0.3 is 25.1 Å². The molecule has 0 aliphatic carbocycles. The molecule has 2 amide bonds. The lowest BCUT2D eigenvalue weighted by Crippen LogP contribution is -2.46. The second-order valence-corrected chi connectivity index (χ2v) is 9.20. The normalized spacial score (nSPS) is 15.7. The Bertz CT molecular complexity index is 1140. The molecule has 3 N–H and O–H groups in total. The number of thioether (sulfide) groups is 1. The number of amides is 2. The van der Waals surface area contributed by atoms with Crippen molar-refractivity contribution in [1.82, 2.24) is 20.8 Å². The summed E-state index contributed by atoms with van der Waals surface area (Å²) in [4.78, 5) is 25.0. The summed E-state index contributed by atoms with van der Waals surface area (Å²) >= 11 is 2.76. The van der Waals surface area contributed by atoms with Gasteiger partial charge in [-0.3, -0.25) is 0 Å². The minimum absolute atomic E-state index is 0.215. The summed E-state index contributed by atoms with van der Waals surface area (Å²) < 4.78 is 11.4. The van der Waals surface area contributed by atoms with Crippen molar-refractivity contribution in [2.24, 2.45) is 0 Å². The summed E-state index contributed by atoms with van der Waals surface area (Å²) in [6.45, 7) is 4.06. The molecule has 0 saturated heterocycles. The van der Waals surface area contributed by atoms with Crippen LogP contribution in [-0.4, -0.2) is 34.6 Å². The molecule has 0 spiro atoms. The number of furan rings is 1. The summed E-state index contributed by atoms with van der Waals surface area (Å²) in [5.74, 6) is 0.238. The van der Waals surface area contributed by atoms with Crippen LogP contribution in [0.1, 0.15) is 31.2 Å². The van der Waals surface area contributed by atoms with Gasteiger partial charge in [0.15, 0.2) is 4.34 Å². The fraction of sp³-hybridized carbons (Fsp3) is 0.273. The minimum atomic E-state index is -0.735. The lowest BCUT2D eigenvalue weighted by Gasteiger charge is -2.27. The zero-order valence-corrected chi connectivity index (χ0v) is 19.7. The van der Waals surface area contributed by atoms with Crippen LogP contribution in [-0.2, 0) is 16.0 Å². The number of benzene rings is 1. The number of ether oxygens (including phenoxy) is 1. The predicted octanol–water partition coefficient (Wildman–Crippen LogP) is 4.40. The average Bonchev–Trinajstić information content (AvgIpc) is 3.50. The van der Waals surface area contributed by atoms with E-state index in [0.29, 0.717) is 32.3 Å². The van der Waals surface area contributed by atoms with Gasteiger partial charge in [0.2, 0.25) is 5.13 Å². The first kappa shape index (κ1) is 22.9. The van der Waals surface area contributed by atoms with Crippen molar-refractivity contribution < 1.29 is 18.7 Å². The van der Waals surface area contributed by atoms with Crippen LogP contribution in [0.3, 0.4) is 0 Å². The highest BCUT2D eigenvalue weighted by molar-refractivity contribution is 8.01.